The first-order valence-electron chi connectivity index (χ1n) is 9.23. The first-order valence-corrected chi connectivity index (χ1v) is 9.23. The van der Waals surface area contributed by atoms with Crippen LogP contribution in [-0.2, 0) is 4.79 Å². The van der Waals surface area contributed by atoms with E-state index in [1.807, 2.05) is 0 Å². The molecule has 0 aliphatic carbocycles. The third-order valence-electron chi connectivity index (χ3n) is 4.68. The van der Waals surface area contributed by atoms with Crippen LogP contribution in [0, 0.1) is 5.82 Å². The Labute approximate surface area is 169 Å². The summed E-state index contributed by atoms with van der Waals surface area (Å²) in [6.07, 6.45) is 1.16. The summed E-state index contributed by atoms with van der Waals surface area (Å²) in [6, 6.07) is 5.58. The number of anilines is 1. The lowest BCUT2D eigenvalue weighted by Crippen LogP contribution is -2.33. The summed E-state index contributed by atoms with van der Waals surface area (Å²) in [7, 11) is 0. The summed E-state index contributed by atoms with van der Waals surface area (Å²) in [5.74, 6) is -0.953. The number of aromatic nitrogens is 4. The standard InChI is InChI=1S/C19H17F3N6O2/c20-13-5-3-11(4-6-13)14(10-28-7-1-2-15(28)29)25-19-23-8-12(9-24-19)17-26-27-18(30-17)16(21)22/h3-6,8-9,14,16H,1-2,7,10H2,(H,23,24,25)/t14-/m0/s1. The fourth-order valence-electron chi connectivity index (χ4n) is 3.16. The van der Waals surface area contributed by atoms with E-state index < -0.39 is 12.3 Å². The molecule has 1 saturated heterocycles. The number of hydrogen-bond acceptors (Lipinski definition) is 7. The number of alkyl halides is 2. The van der Waals surface area contributed by atoms with E-state index in [0.29, 0.717) is 19.5 Å². The number of amides is 1. The average molecular weight is 418 g/mol. The van der Waals surface area contributed by atoms with Gasteiger partial charge in [0.15, 0.2) is 0 Å². The molecule has 0 bridgehead atoms. The van der Waals surface area contributed by atoms with Crippen LogP contribution in [0.3, 0.4) is 0 Å². The minimum Gasteiger partial charge on any atom is -0.415 e. The maximum atomic E-state index is 13.3. The molecule has 0 radical (unpaired) electrons. The van der Waals surface area contributed by atoms with Crippen molar-refractivity contribution in [2.24, 2.45) is 0 Å². The lowest BCUT2D eigenvalue weighted by atomic mass is 10.1. The molecule has 11 heteroatoms. The molecular formula is C19H17F3N6O2. The van der Waals surface area contributed by atoms with Gasteiger partial charge in [-0.2, -0.15) is 8.78 Å². The Morgan fingerprint density at radius 2 is 1.87 bits per heavy atom. The van der Waals surface area contributed by atoms with E-state index in [1.54, 1.807) is 17.0 Å². The van der Waals surface area contributed by atoms with Gasteiger partial charge in [0.2, 0.25) is 11.9 Å². The van der Waals surface area contributed by atoms with Crippen LogP contribution in [0.25, 0.3) is 11.5 Å². The van der Waals surface area contributed by atoms with Gasteiger partial charge in [-0.1, -0.05) is 12.1 Å². The minimum atomic E-state index is -2.86. The van der Waals surface area contributed by atoms with Gasteiger partial charge >= 0.3 is 6.43 Å². The molecule has 1 N–H and O–H groups in total. The van der Waals surface area contributed by atoms with Gasteiger partial charge in [0.1, 0.15) is 5.82 Å². The third kappa shape index (κ3) is 4.39. The number of benzene rings is 1. The largest absolute Gasteiger partial charge is 0.415 e. The van der Waals surface area contributed by atoms with Crippen molar-refractivity contribution in [2.45, 2.75) is 25.3 Å². The topological polar surface area (TPSA) is 97.0 Å². The van der Waals surface area contributed by atoms with E-state index in [0.717, 1.165) is 12.0 Å². The fourth-order valence-corrected chi connectivity index (χ4v) is 3.16. The first-order chi connectivity index (χ1) is 14.5. The second kappa shape index (κ2) is 8.47. The maximum Gasteiger partial charge on any atom is 0.314 e. The number of hydrogen-bond donors (Lipinski definition) is 1. The summed E-state index contributed by atoms with van der Waals surface area (Å²) in [4.78, 5) is 22.1. The highest BCUT2D eigenvalue weighted by atomic mass is 19.3. The number of likely N-dealkylation sites (tertiary alicyclic amines) is 1. The van der Waals surface area contributed by atoms with Crippen LogP contribution in [0.4, 0.5) is 19.1 Å². The van der Waals surface area contributed by atoms with Crippen LogP contribution in [0.15, 0.2) is 41.1 Å². The van der Waals surface area contributed by atoms with Gasteiger partial charge in [-0.25, -0.2) is 14.4 Å². The van der Waals surface area contributed by atoms with Gasteiger partial charge < -0.3 is 14.6 Å². The highest BCUT2D eigenvalue weighted by molar-refractivity contribution is 5.78. The number of halogens is 3. The van der Waals surface area contributed by atoms with Crippen LogP contribution in [0.1, 0.15) is 36.8 Å². The van der Waals surface area contributed by atoms with Gasteiger partial charge in [-0.05, 0) is 24.1 Å². The molecule has 2 aromatic heterocycles. The number of carbonyl (C=O) groups excluding carboxylic acids is 1. The quantitative estimate of drug-likeness (QED) is 0.628. The SMILES string of the molecule is O=C1CCCN1C[C@H](Nc1ncc(-c2nnc(C(F)F)o2)cn1)c1ccc(F)cc1. The second-order valence-electron chi connectivity index (χ2n) is 6.73. The summed E-state index contributed by atoms with van der Waals surface area (Å²) in [5, 5.41) is 9.96. The van der Waals surface area contributed by atoms with Crippen molar-refractivity contribution in [2.75, 3.05) is 18.4 Å². The van der Waals surface area contributed by atoms with E-state index in [9.17, 15) is 18.0 Å². The summed E-state index contributed by atoms with van der Waals surface area (Å²) >= 11 is 0. The molecule has 1 amide bonds. The molecule has 8 nitrogen and oxygen atoms in total. The maximum absolute atomic E-state index is 13.3. The molecular weight excluding hydrogens is 401 g/mol. The first kappa shape index (κ1) is 19.8. The molecule has 156 valence electrons. The zero-order valence-electron chi connectivity index (χ0n) is 15.6. The number of nitrogens with zero attached hydrogens (tertiary/aromatic N) is 5. The molecule has 3 aromatic rings. The normalized spacial score (nSPS) is 15.1. The highest BCUT2D eigenvalue weighted by Gasteiger charge is 2.25. The van der Waals surface area contributed by atoms with Gasteiger partial charge in [0.25, 0.3) is 11.8 Å². The molecule has 0 unspecified atom stereocenters. The number of rotatable bonds is 7. The van der Waals surface area contributed by atoms with Gasteiger partial charge in [-0.3, -0.25) is 4.79 Å². The molecule has 4 rings (SSSR count). The van der Waals surface area contributed by atoms with Gasteiger partial charge in [-0.15, -0.1) is 10.2 Å². The zero-order valence-corrected chi connectivity index (χ0v) is 15.6. The lowest BCUT2D eigenvalue weighted by molar-refractivity contribution is -0.127. The van der Waals surface area contributed by atoms with E-state index in [2.05, 4.69) is 25.5 Å². The van der Waals surface area contributed by atoms with Crippen molar-refractivity contribution >= 4 is 11.9 Å². The van der Waals surface area contributed by atoms with Crippen LogP contribution in [-0.4, -0.2) is 44.1 Å². The van der Waals surface area contributed by atoms with Crippen LogP contribution >= 0.6 is 0 Å². The Morgan fingerprint density at radius 1 is 1.13 bits per heavy atom. The van der Waals surface area contributed by atoms with Crippen molar-refractivity contribution in [3.8, 4) is 11.5 Å². The van der Waals surface area contributed by atoms with Gasteiger partial charge in [0.05, 0.1) is 11.6 Å². The Morgan fingerprint density at radius 3 is 2.47 bits per heavy atom. The molecule has 3 heterocycles. The van der Waals surface area contributed by atoms with Crippen molar-refractivity contribution in [1.82, 2.24) is 25.1 Å². The van der Waals surface area contributed by atoms with Crippen molar-refractivity contribution < 1.29 is 22.4 Å². The summed E-state index contributed by atoms with van der Waals surface area (Å²) < 4.78 is 43.4. The molecule has 1 aromatic carbocycles. The fraction of sp³-hybridized carbons (Fsp3) is 0.316. The average Bonchev–Trinajstić information content (AvgIpc) is 3.38. The Balaban J connectivity index is 1.52. The highest BCUT2D eigenvalue weighted by Crippen LogP contribution is 2.25. The molecule has 0 spiro atoms. The predicted molar refractivity (Wildman–Crippen MR) is 98.9 cm³/mol. The smallest absolute Gasteiger partial charge is 0.314 e. The molecule has 30 heavy (non-hydrogen) atoms. The van der Waals surface area contributed by atoms with E-state index in [-0.39, 0.29) is 35.2 Å². The monoisotopic (exact) mass is 418 g/mol. The molecule has 1 atom stereocenters. The van der Waals surface area contributed by atoms with E-state index in [1.165, 1.54) is 24.5 Å². The summed E-state index contributed by atoms with van der Waals surface area (Å²) in [5.41, 5.74) is 1.05. The lowest BCUT2D eigenvalue weighted by Gasteiger charge is -2.25. The zero-order chi connectivity index (χ0) is 21.1. The Bertz CT molecular complexity index is 1010. The molecule has 0 saturated carbocycles. The molecule has 1 fully saturated rings. The van der Waals surface area contributed by atoms with Crippen molar-refractivity contribution in [3.63, 3.8) is 0 Å². The molecule has 1 aliphatic heterocycles. The van der Waals surface area contributed by atoms with Crippen LogP contribution in [0.2, 0.25) is 0 Å². The summed E-state index contributed by atoms with van der Waals surface area (Å²) in [6.45, 7) is 1.03. The van der Waals surface area contributed by atoms with E-state index >= 15 is 0 Å². The third-order valence-corrected chi connectivity index (χ3v) is 4.68. The Hall–Kier alpha value is -3.50. The number of carbonyl (C=O) groups is 1. The van der Waals surface area contributed by atoms with Crippen LogP contribution < -0.4 is 5.32 Å². The predicted octanol–water partition coefficient (Wildman–Crippen LogP) is 3.38. The van der Waals surface area contributed by atoms with Gasteiger partial charge in [0, 0.05) is 31.9 Å². The van der Waals surface area contributed by atoms with Crippen molar-refractivity contribution in [1.29, 1.82) is 0 Å². The molecule has 1 aliphatic rings. The minimum absolute atomic E-state index is 0.0615. The Kier molecular flexibility index (Phi) is 5.59. The second-order valence-corrected chi connectivity index (χ2v) is 6.73. The van der Waals surface area contributed by atoms with Crippen LogP contribution in [0.5, 0.6) is 0 Å². The van der Waals surface area contributed by atoms with E-state index in [4.69, 9.17) is 4.42 Å². The van der Waals surface area contributed by atoms with Crippen molar-refractivity contribution in [3.05, 3.63) is 53.9 Å². The number of nitrogens with one attached hydrogen (secondary N) is 1.